The number of aryl methyl sites for hydroxylation is 2. The number of nitrogens with zero attached hydrogens (tertiary/aromatic N) is 1. The summed E-state index contributed by atoms with van der Waals surface area (Å²) in [7, 11) is 0. The second-order valence-corrected chi connectivity index (χ2v) is 5.28. The Morgan fingerprint density at radius 3 is 2.38 bits per heavy atom. The van der Waals surface area contributed by atoms with E-state index in [1.807, 2.05) is 0 Å². The standard InChI is InChI=1S/C17H15F3N2O2/c1-10-6-12(7-11(2)15(10)23)9-21-22-16(24)13-4-3-5-14(8-13)17(18,19)20/h3-9,23H,1-2H3,(H,22,24)/b21-9+. The quantitative estimate of drug-likeness (QED) is 0.662. The van der Waals surface area contributed by atoms with Crippen LogP contribution in [0.25, 0.3) is 0 Å². The highest BCUT2D eigenvalue weighted by atomic mass is 19.4. The van der Waals surface area contributed by atoms with Gasteiger partial charge < -0.3 is 5.11 Å². The van der Waals surface area contributed by atoms with E-state index in [1.165, 1.54) is 12.3 Å². The highest BCUT2D eigenvalue weighted by Crippen LogP contribution is 2.29. The maximum absolute atomic E-state index is 12.6. The molecule has 4 nitrogen and oxygen atoms in total. The second-order valence-electron chi connectivity index (χ2n) is 5.28. The first kappa shape index (κ1) is 17.5. The van der Waals surface area contributed by atoms with Crippen molar-refractivity contribution in [3.05, 3.63) is 64.2 Å². The van der Waals surface area contributed by atoms with Crippen LogP contribution in [0.2, 0.25) is 0 Å². The molecule has 1 amide bonds. The van der Waals surface area contributed by atoms with Crippen molar-refractivity contribution in [1.29, 1.82) is 0 Å². The minimum atomic E-state index is -4.51. The van der Waals surface area contributed by atoms with E-state index >= 15 is 0 Å². The molecule has 0 aliphatic rings. The Morgan fingerprint density at radius 1 is 1.17 bits per heavy atom. The number of amides is 1. The first-order valence-electron chi connectivity index (χ1n) is 6.99. The topological polar surface area (TPSA) is 61.7 Å². The van der Waals surface area contributed by atoms with Gasteiger partial charge in [0.2, 0.25) is 0 Å². The van der Waals surface area contributed by atoms with E-state index in [4.69, 9.17) is 0 Å². The third-order valence-electron chi connectivity index (χ3n) is 3.35. The first-order chi connectivity index (χ1) is 11.2. The van der Waals surface area contributed by atoms with Crippen molar-refractivity contribution >= 4 is 12.1 Å². The van der Waals surface area contributed by atoms with Crippen molar-refractivity contribution in [1.82, 2.24) is 5.43 Å². The van der Waals surface area contributed by atoms with Crippen LogP contribution >= 0.6 is 0 Å². The van der Waals surface area contributed by atoms with Gasteiger partial charge in [-0.2, -0.15) is 18.3 Å². The second kappa shape index (κ2) is 6.74. The van der Waals surface area contributed by atoms with Crippen LogP contribution in [0.3, 0.4) is 0 Å². The van der Waals surface area contributed by atoms with Gasteiger partial charge in [-0.25, -0.2) is 5.43 Å². The Kier molecular flexibility index (Phi) is 4.92. The number of phenolic OH excluding ortho intramolecular Hbond substituents is 1. The number of carbonyl (C=O) groups excluding carboxylic acids is 1. The SMILES string of the molecule is Cc1cc(/C=N/NC(=O)c2cccc(C(F)(F)F)c2)cc(C)c1O. The van der Waals surface area contributed by atoms with Gasteiger partial charge >= 0.3 is 6.18 Å². The molecule has 0 heterocycles. The van der Waals surface area contributed by atoms with Gasteiger partial charge in [-0.3, -0.25) is 4.79 Å². The summed E-state index contributed by atoms with van der Waals surface area (Å²) in [5, 5.41) is 13.4. The van der Waals surface area contributed by atoms with Gasteiger partial charge in [0.15, 0.2) is 0 Å². The van der Waals surface area contributed by atoms with Gasteiger partial charge in [0.05, 0.1) is 11.8 Å². The number of hydrogen-bond donors (Lipinski definition) is 2. The lowest BCUT2D eigenvalue weighted by molar-refractivity contribution is -0.137. The molecule has 0 saturated carbocycles. The molecular weight excluding hydrogens is 321 g/mol. The summed E-state index contributed by atoms with van der Waals surface area (Å²) in [6.45, 7) is 3.45. The van der Waals surface area contributed by atoms with Crippen LogP contribution in [-0.2, 0) is 6.18 Å². The van der Waals surface area contributed by atoms with Crippen LogP contribution in [0.1, 0.15) is 32.6 Å². The van der Waals surface area contributed by atoms with Crippen molar-refractivity contribution in [2.75, 3.05) is 0 Å². The van der Waals surface area contributed by atoms with E-state index in [0.717, 1.165) is 18.2 Å². The van der Waals surface area contributed by atoms with Gasteiger partial charge in [0.1, 0.15) is 5.75 Å². The first-order valence-corrected chi connectivity index (χ1v) is 6.99. The van der Waals surface area contributed by atoms with Crippen LogP contribution in [0.15, 0.2) is 41.5 Å². The Labute approximate surface area is 136 Å². The third-order valence-corrected chi connectivity index (χ3v) is 3.35. The van der Waals surface area contributed by atoms with Crippen molar-refractivity contribution in [2.24, 2.45) is 5.10 Å². The molecule has 126 valence electrons. The fourth-order valence-electron chi connectivity index (χ4n) is 2.13. The summed E-state index contributed by atoms with van der Waals surface area (Å²) in [5.41, 5.74) is 3.09. The molecule has 0 unspecified atom stereocenters. The molecule has 0 fully saturated rings. The normalized spacial score (nSPS) is 11.7. The van der Waals surface area contributed by atoms with Crippen molar-refractivity contribution in [3.8, 4) is 5.75 Å². The molecule has 0 aromatic heterocycles. The lowest BCUT2D eigenvalue weighted by Crippen LogP contribution is -2.18. The van der Waals surface area contributed by atoms with E-state index in [9.17, 15) is 23.1 Å². The molecule has 0 radical (unpaired) electrons. The molecule has 0 aliphatic carbocycles. The molecule has 7 heteroatoms. The molecule has 2 N–H and O–H groups in total. The number of rotatable bonds is 3. The third kappa shape index (κ3) is 4.13. The average Bonchev–Trinajstić information content (AvgIpc) is 2.51. The zero-order valence-corrected chi connectivity index (χ0v) is 13.0. The fourth-order valence-corrected chi connectivity index (χ4v) is 2.13. The average molecular weight is 336 g/mol. The molecule has 0 atom stereocenters. The summed E-state index contributed by atoms with van der Waals surface area (Å²) >= 11 is 0. The maximum Gasteiger partial charge on any atom is 0.416 e. The summed E-state index contributed by atoms with van der Waals surface area (Å²) in [6.07, 6.45) is -3.16. The molecule has 0 saturated heterocycles. The number of aromatic hydroxyl groups is 1. The number of carbonyl (C=O) groups is 1. The largest absolute Gasteiger partial charge is 0.507 e. The van der Waals surface area contributed by atoms with E-state index < -0.39 is 17.6 Å². The molecule has 2 aromatic carbocycles. The molecule has 24 heavy (non-hydrogen) atoms. The predicted molar refractivity (Wildman–Crippen MR) is 84.1 cm³/mol. The Balaban J connectivity index is 2.11. The highest BCUT2D eigenvalue weighted by molar-refractivity contribution is 5.95. The van der Waals surface area contributed by atoms with Crippen molar-refractivity contribution in [2.45, 2.75) is 20.0 Å². The number of halogens is 3. The number of phenols is 1. The molecule has 0 bridgehead atoms. The lowest BCUT2D eigenvalue weighted by atomic mass is 10.1. The highest BCUT2D eigenvalue weighted by Gasteiger charge is 2.30. The number of hydrogen-bond acceptors (Lipinski definition) is 3. The monoisotopic (exact) mass is 336 g/mol. The van der Waals surface area contributed by atoms with E-state index in [2.05, 4.69) is 10.5 Å². The van der Waals surface area contributed by atoms with Crippen molar-refractivity contribution < 1.29 is 23.1 Å². The predicted octanol–water partition coefficient (Wildman–Crippen LogP) is 3.79. The number of nitrogens with one attached hydrogen (secondary N) is 1. The van der Waals surface area contributed by atoms with E-state index in [-0.39, 0.29) is 11.3 Å². The molecule has 0 spiro atoms. The number of benzene rings is 2. The Morgan fingerprint density at radius 2 is 1.79 bits per heavy atom. The van der Waals surface area contributed by atoms with Gasteiger partial charge in [-0.05, 0) is 60.9 Å². The summed E-state index contributed by atoms with van der Waals surface area (Å²) in [6, 6.07) is 7.43. The summed E-state index contributed by atoms with van der Waals surface area (Å²) in [4.78, 5) is 11.9. The Bertz CT molecular complexity index is 776. The zero-order valence-electron chi connectivity index (χ0n) is 13.0. The van der Waals surface area contributed by atoms with Gasteiger partial charge in [-0.1, -0.05) is 6.07 Å². The number of hydrazone groups is 1. The zero-order chi connectivity index (χ0) is 17.9. The van der Waals surface area contributed by atoms with Gasteiger partial charge in [-0.15, -0.1) is 0 Å². The minimum absolute atomic E-state index is 0.139. The van der Waals surface area contributed by atoms with Crippen molar-refractivity contribution in [3.63, 3.8) is 0 Å². The van der Waals surface area contributed by atoms with Gasteiger partial charge in [0.25, 0.3) is 5.91 Å². The van der Waals surface area contributed by atoms with Crippen LogP contribution in [0.4, 0.5) is 13.2 Å². The molecular formula is C17H15F3N2O2. The van der Waals surface area contributed by atoms with Crippen LogP contribution in [0, 0.1) is 13.8 Å². The molecule has 0 aliphatic heterocycles. The van der Waals surface area contributed by atoms with Crippen LogP contribution in [-0.4, -0.2) is 17.2 Å². The lowest BCUT2D eigenvalue weighted by Gasteiger charge is -2.07. The summed E-state index contributed by atoms with van der Waals surface area (Å²) in [5.74, 6) is -0.565. The van der Waals surface area contributed by atoms with E-state index in [1.54, 1.807) is 26.0 Å². The Hall–Kier alpha value is -2.83. The number of alkyl halides is 3. The smallest absolute Gasteiger partial charge is 0.416 e. The fraction of sp³-hybridized carbons (Fsp3) is 0.176. The van der Waals surface area contributed by atoms with Crippen LogP contribution < -0.4 is 5.43 Å². The van der Waals surface area contributed by atoms with Crippen LogP contribution in [0.5, 0.6) is 5.75 Å². The summed E-state index contributed by atoms with van der Waals surface area (Å²) < 4.78 is 37.9. The maximum atomic E-state index is 12.6. The van der Waals surface area contributed by atoms with Gasteiger partial charge in [0, 0.05) is 5.56 Å². The molecule has 2 rings (SSSR count). The van der Waals surface area contributed by atoms with E-state index in [0.29, 0.717) is 16.7 Å². The minimum Gasteiger partial charge on any atom is -0.507 e. The molecule has 2 aromatic rings.